The quantitative estimate of drug-likeness (QED) is 0.544. The van der Waals surface area contributed by atoms with Gasteiger partial charge in [0.25, 0.3) is 5.91 Å². The highest BCUT2D eigenvalue weighted by Gasteiger charge is 2.18. The van der Waals surface area contributed by atoms with Gasteiger partial charge in [-0.15, -0.1) is 0 Å². The first-order valence-corrected chi connectivity index (χ1v) is 8.61. The number of aromatic nitrogens is 2. The number of rotatable bonds is 3. The Labute approximate surface area is 156 Å². The number of nitrogens with one attached hydrogen (secondary N) is 1. The molecule has 2 heterocycles. The number of carbonyl (C=O) groups excluding carboxylic acids is 1. The number of halogens is 1. The molecule has 0 aliphatic carbocycles. The maximum Gasteiger partial charge on any atom is 0.256 e. The predicted molar refractivity (Wildman–Crippen MR) is 105 cm³/mol. The minimum atomic E-state index is -0.177. The molecule has 0 spiro atoms. The van der Waals surface area contributed by atoms with Gasteiger partial charge in [0.15, 0.2) is 0 Å². The molecule has 0 aliphatic heterocycles. The second-order valence-electron chi connectivity index (χ2n) is 6.02. The third kappa shape index (κ3) is 2.95. The number of aryl methyl sites for hydroxylation is 1. The van der Waals surface area contributed by atoms with Crippen LogP contribution in [0.2, 0.25) is 5.02 Å². The molecule has 4 aromatic rings. The molecule has 4 nitrogen and oxygen atoms in total. The summed E-state index contributed by atoms with van der Waals surface area (Å²) in [6, 6.07) is 20.5. The van der Waals surface area contributed by atoms with Crippen molar-refractivity contribution in [3.8, 4) is 11.3 Å². The first kappa shape index (κ1) is 16.4. The number of imidazole rings is 1. The number of hydrogen-bond acceptors (Lipinski definition) is 2. The minimum absolute atomic E-state index is 0.177. The zero-order chi connectivity index (χ0) is 18.1. The maximum absolute atomic E-state index is 12.7. The first-order valence-electron chi connectivity index (χ1n) is 8.23. The lowest BCUT2D eigenvalue weighted by molar-refractivity contribution is 0.102. The second-order valence-corrected chi connectivity index (χ2v) is 6.46. The van der Waals surface area contributed by atoms with Crippen LogP contribution < -0.4 is 5.32 Å². The summed E-state index contributed by atoms with van der Waals surface area (Å²) in [6.45, 7) is 2.00. The summed E-state index contributed by atoms with van der Waals surface area (Å²) >= 11 is 6.01. The Kier molecular flexibility index (Phi) is 4.19. The van der Waals surface area contributed by atoms with Crippen LogP contribution in [0.15, 0.2) is 72.9 Å². The average Bonchev–Trinajstić information content (AvgIpc) is 3.03. The summed E-state index contributed by atoms with van der Waals surface area (Å²) in [4.78, 5) is 17.5. The lowest BCUT2D eigenvalue weighted by Crippen LogP contribution is -2.14. The van der Waals surface area contributed by atoms with Gasteiger partial charge in [-0.05, 0) is 42.8 Å². The summed E-state index contributed by atoms with van der Waals surface area (Å²) in [5.41, 5.74) is 4.03. The molecule has 0 unspecified atom stereocenters. The topological polar surface area (TPSA) is 46.4 Å². The third-order valence-corrected chi connectivity index (χ3v) is 4.48. The minimum Gasteiger partial charge on any atom is -0.306 e. The molecule has 0 radical (unpaired) electrons. The number of fused-ring (bicyclic) bond motifs is 1. The Morgan fingerprint density at radius 2 is 1.73 bits per heavy atom. The van der Waals surface area contributed by atoms with Crippen LogP contribution in [0, 0.1) is 6.92 Å². The van der Waals surface area contributed by atoms with Crippen molar-refractivity contribution >= 4 is 29.0 Å². The van der Waals surface area contributed by atoms with Gasteiger partial charge in [-0.1, -0.05) is 48.0 Å². The van der Waals surface area contributed by atoms with Crippen LogP contribution in [0.4, 0.5) is 5.82 Å². The highest BCUT2D eigenvalue weighted by atomic mass is 35.5. The Morgan fingerprint density at radius 3 is 2.46 bits per heavy atom. The lowest BCUT2D eigenvalue weighted by atomic mass is 10.1. The summed E-state index contributed by atoms with van der Waals surface area (Å²) in [6.07, 6.45) is 1.90. The van der Waals surface area contributed by atoms with Gasteiger partial charge in [0.2, 0.25) is 0 Å². The molecule has 0 bridgehead atoms. The molecule has 5 heteroatoms. The fourth-order valence-electron chi connectivity index (χ4n) is 2.90. The Balaban J connectivity index is 1.86. The summed E-state index contributed by atoms with van der Waals surface area (Å²) in [5, 5.41) is 3.67. The van der Waals surface area contributed by atoms with E-state index in [0.717, 1.165) is 16.8 Å². The molecule has 2 aromatic carbocycles. The zero-order valence-electron chi connectivity index (χ0n) is 14.1. The van der Waals surface area contributed by atoms with Crippen molar-refractivity contribution in [2.24, 2.45) is 0 Å². The van der Waals surface area contributed by atoms with E-state index in [9.17, 15) is 4.79 Å². The van der Waals surface area contributed by atoms with E-state index in [1.165, 1.54) is 0 Å². The van der Waals surface area contributed by atoms with E-state index in [1.54, 1.807) is 12.1 Å². The normalized spacial score (nSPS) is 10.8. The summed E-state index contributed by atoms with van der Waals surface area (Å²) < 4.78 is 1.90. The number of anilines is 1. The molecule has 1 N–H and O–H groups in total. The molecule has 128 valence electrons. The summed E-state index contributed by atoms with van der Waals surface area (Å²) in [5.74, 6) is 0.462. The van der Waals surface area contributed by atoms with Crippen molar-refractivity contribution in [3.63, 3.8) is 0 Å². The van der Waals surface area contributed by atoms with Gasteiger partial charge in [-0.3, -0.25) is 9.20 Å². The van der Waals surface area contributed by atoms with E-state index < -0.39 is 0 Å². The van der Waals surface area contributed by atoms with E-state index >= 15 is 0 Å². The zero-order valence-corrected chi connectivity index (χ0v) is 14.9. The highest BCUT2D eigenvalue weighted by Crippen LogP contribution is 2.31. The van der Waals surface area contributed by atoms with Crippen molar-refractivity contribution in [3.05, 3.63) is 89.1 Å². The number of amides is 1. The van der Waals surface area contributed by atoms with Crippen LogP contribution in [0.5, 0.6) is 0 Å². The van der Waals surface area contributed by atoms with Gasteiger partial charge in [0.1, 0.15) is 17.2 Å². The van der Waals surface area contributed by atoms with Crippen molar-refractivity contribution in [1.82, 2.24) is 9.38 Å². The number of hydrogen-bond donors (Lipinski definition) is 1. The number of carbonyl (C=O) groups is 1. The van der Waals surface area contributed by atoms with Crippen LogP contribution in [0.25, 0.3) is 16.9 Å². The molecule has 0 atom stereocenters. The van der Waals surface area contributed by atoms with Crippen molar-refractivity contribution in [2.45, 2.75) is 6.92 Å². The highest BCUT2D eigenvalue weighted by molar-refractivity contribution is 6.30. The lowest BCUT2D eigenvalue weighted by Gasteiger charge is -2.08. The molecular formula is C21H16ClN3O. The monoisotopic (exact) mass is 361 g/mol. The van der Waals surface area contributed by atoms with E-state index in [0.29, 0.717) is 22.1 Å². The Bertz CT molecular complexity index is 1090. The molecule has 1 amide bonds. The smallest absolute Gasteiger partial charge is 0.256 e. The van der Waals surface area contributed by atoms with Gasteiger partial charge in [0.05, 0.1) is 0 Å². The SMILES string of the molecule is Cc1cccn2c(NC(=O)c3ccccc3)c(-c3ccc(Cl)cc3)nc12. The number of pyridine rings is 1. The second kappa shape index (κ2) is 6.65. The molecule has 0 saturated carbocycles. The van der Waals surface area contributed by atoms with Crippen LogP contribution in [0.3, 0.4) is 0 Å². The number of nitrogens with zero attached hydrogens (tertiary/aromatic N) is 2. The molecular weight excluding hydrogens is 346 g/mol. The van der Waals surface area contributed by atoms with E-state index in [2.05, 4.69) is 5.32 Å². The van der Waals surface area contributed by atoms with Gasteiger partial charge < -0.3 is 5.32 Å². The standard InChI is InChI=1S/C21H16ClN3O/c1-14-6-5-13-25-19(14)23-18(15-9-11-17(22)12-10-15)20(25)24-21(26)16-7-3-2-4-8-16/h2-13H,1H3,(H,24,26). The maximum atomic E-state index is 12.7. The Hall–Kier alpha value is -3.11. The van der Waals surface area contributed by atoms with E-state index in [1.807, 2.05) is 72.1 Å². The van der Waals surface area contributed by atoms with Crippen molar-refractivity contribution in [2.75, 3.05) is 5.32 Å². The summed E-state index contributed by atoms with van der Waals surface area (Å²) in [7, 11) is 0. The van der Waals surface area contributed by atoms with Crippen LogP contribution in [0.1, 0.15) is 15.9 Å². The van der Waals surface area contributed by atoms with Crippen molar-refractivity contribution < 1.29 is 4.79 Å². The molecule has 4 rings (SSSR count). The van der Waals surface area contributed by atoms with Crippen LogP contribution in [-0.4, -0.2) is 15.3 Å². The van der Waals surface area contributed by atoms with Gasteiger partial charge in [0, 0.05) is 22.3 Å². The molecule has 26 heavy (non-hydrogen) atoms. The van der Waals surface area contributed by atoms with Gasteiger partial charge >= 0.3 is 0 Å². The average molecular weight is 362 g/mol. The third-order valence-electron chi connectivity index (χ3n) is 4.23. The molecule has 2 aromatic heterocycles. The fourth-order valence-corrected chi connectivity index (χ4v) is 3.03. The van der Waals surface area contributed by atoms with E-state index in [4.69, 9.17) is 16.6 Å². The molecule has 0 fully saturated rings. The van der Waals surface area contributed by atoms with Gasteiger partial charge in [-0.25, -0.2) is 4.98 Å². The van der Waals surface area contributed by atoms with Crippen LogP contribution in [-0.2, 0) is 0 Å². The van der Waals surface area contributed by atoms with Gasteiger partial charge in [-0.2, -0.15) is 0 Å². The Morgan fingerprint density at radius 1 is 1.00 bits per heavy atom. The van der Waals surface area contributed by atoms with E-state index in [-0.39, 0.29) is 5.91 Å². The van der Waals surface area contributed by atoms with Crippen molar-refractivity contribution in [1.29, 1.82) is 0 Å². The van der Waals surface area contributed by atoms with Crippen LogP contribution >= 0.6 is 11.6 Å². The molecule has 0 saturated heterocycles. The largest absolute Gasteiger partial charge is 0.306 e. The number of benzene rings is 2. The fraction of sp³-hybridized carbons (Fsp3) is 0.0476. The predicted octanol–water partition coefficient (Wildman–Crippen LogP) is 5.22. The first-order chi connectivity index (χ1) is 12.6. The molecule has 0 aliphatic rings.